The Morgan fingerprint density at radius 1 is 0.586 bits per heavy atom. The third-order valence-electron chi connectivity index (χ3n) is 11.2. The minimum Gasteiger partial charge on any atom is -0.756 e. The topological polar surface area (TPSA) is 108 Å². The maximum absolute atomic E-state index is 12.9. The van der Waals surface area contributed by atoms with Gasteiger partial charge in [-0.05, 0) is 44.9 Å². The molecule has 58 heavy (non-hydrogen) atoms. The van der Waals surface area contributed by atoms with E-state index in [2.05, 4.69) is 31.3 Å². The number of quaternary nitrogens is 1. The third kappa shape index (κ3) is 43.1. The normalized spacial score (nSPS) is 14.4. The minimum atomic E-state index is -4.59. The molecule has 0 spiro atoms. The van der Waals surface area contributed by atoms with Gasteiger partial charge in [0.05, 0.1) is 39.9 Å². The Kier molecular flexibility index (Phi) is 40.6. The lowest BCUT2D eigenvalue weighted by Crippen LogP contribution is -2.45. The predicted octanol–water partition coefficient (Wildman–Crippen LogP) is 13.5. The summed E-state index contributed by atoms with van der Waals surface area (Å²) in [6.45, 7) is 4.66. The van der Waals surface area contributed by atoms with Crippen molar-refractivity contribution < 1.29 is 32.9 Å². The molecule has 9 heteroatoms. The molecule has 0 aromatic rings. The van der Waals surface area contributed by atoms with E-state index < -0.39 is 20.0 Å². The van der Waals surface area contributed by atoms with Crippen LogP contribution in [0.1, 0.15) is 232 Å². The standard InChI is InChI=1S/C49H97N2O6P/c1-6-8-10-12-14-16-18-20-22-24-26-28-30-32-34-36-38-40-42-48(52)47(46-57-58(54,55)56-45-44-51(3,4)5)50-49(53)43-41-39-37-35-33-31-29-27-25-23-21-19-17-15-13-11-9-7-2/h23,25,40,42,47-48,52H,6-22,24,26-39,41,43-46H2,1-5H3,(H-,50,53,54,55)/b25-23-,42-40+. The van der Waals surface area contributed by atoms with Crippen molar-refractivity contribution >= 4 is 13.7 Å². The zero-order valence-electron chi connectivity index (χ0n) is 39.0. The van der Waals surface area contributed by atoms with E-state index in [1.54, 1.807) is 6.08 Å². The number of nitrogens with one attached hydrogen (secondary N) is 1. The summed E-state index contributed by atoms with van der Waals surface area (Å²) < 4.78 is 23.3. The molecule has 344 valence electrons. The molecule has 2 N–H and O–H groups in total. The Bertz CT molecular complexity index is 1000. The lowest BCUT2D eigenvalue weighted by Gasteiger charge is -2.29. The molecule has 0 aliphatic rings. The van der Waals surface area contributed by atoms with E-state index >= 15 is 0 Å². The predicted molar refractivity (Wildman–Crippen MR) is 247 cm³/mol. The molecule has 0 aromatic carbocycles. The van der Waals surface area contributed by atoms with Gasteiger partial charge < -0.3 is 28.8 Å². The van der Waals surface area contributed by atoms with Crippen LogP contribution in [0.5, 0.6) is 0 Å². The van der Waals surface area contributed by atoms with Crippen LogP contribution in [-0.2, 0) is 18.4 Å². The Hall–Kier alpha value is -1.02. The molecule has 0 bridgehead atoms. The van der Waals surface area contributed by atoms with Crippen molar-refractivity contribution in [2.24, 2.45) is 0 Å². The lowest BCUT2D eigenvalue weighted by molar-refractivity contribution is -0.870. The highest BCUT2D eigenvalue weighted by atomic mass is 31.2. The molecule has 0 saturated heterocycles. The first-order valence-electron chi connectivity index (χ1n) is 24.7. The Labute approximate surface area is 360 Å². The highest BCUT2D eigenvalue weighted by Crippen LogP contribution is 2.38. The Balaban J connectivity index is 4.35. The molecule has 0 radical (unpaired) electrons. The van der Waals surface area contributed by atoms with Gasteiger partial charge in [-0.15, -0.1) is 0 Å². The van der Waals surface area contributed by atoms with Crippen LogP contribution >= 0.6 is 7.82 Å². The van der Waals surface area contributed by atoms with Crippen LogP contribution in [-0.4, -0.2) is 68.5 Å². The third-order valence-corrected chi connectivity index (χ3v) is 12.1. The summed E-state index contributed by atoms with van der Waals surface area (Å²) in [7, 11) is 1.26. The fraction of sp³-hybridized carbons (Fsp3) is 0.898. The van der Waals surface area contributed by atoms with E-state index in [0.717, 1.165) is 38.5 Å². The van der Waals surface area contributed by atoms with E-state index in [1.807, 2.05) is 27.2 Å². The second-order valence-corrected chi connectivity index (χ2v) is 19.6. The van der Waals surface area contributed by atoms with Crippen LogP contribution in [0.3, 0.4) is 0 Å². The number of carbonyl (C=O) groups is 1. The first kappa shape index (κ1) is 57.0. The summed E-state index contributed by atoms with van der Waals surface area (Å²) in [6.07, 6.45) is 49.4. The van der Waals surface area contributed by atoms with E-state index in [1.165, 1.54) is 173 Å². The summed E-state index contributed by atoms with van der Waals surface area (Å²) in [5.41, 5.74) is 0. The zero-order valence-corrected chi connectivity index (χ0v) is 39.9. The molecule has 0 fully saturated rings. The number of aliphatic hydroxyl groups is 1. The maximum Gasteiger partial charge on any atom is 0.268 e. The van der Waals surface area contributed by atoms with Crippen molar-refractivity contribution in [3.05, 3.63) is 24.3 Å². The monoisotopic (exact) mass is 841 g/mol. The molecule has 8 nitrogen and oxygen atoms in total. The number of nitrogens with zero attached hydrogens (tertiary/aromatic N) is 1. The number of unbranched alkanes of at least 4 members (excludes halogenated alkanes) is 30. The van der Waals surface area contributed by atoms with Gasteiger partial charge in [0.1, 0.15) is 13.2 Å². The van der Waals surface area contributed by atoms with Crippen molar-refractivity contribution in [3.63, 3.8) is 0 Å². The Morgan fingerprint density at radius 3 is 1.34 bits per heavy atom. The van der Waals surface area contributed by atoms with Crippen molar-refractivity contribution in [1.29, 1.82) is 0 Å². The number of likely N-dealkylation sites (N-methyl/N-ethyl adjacent to an activating group) is 1. The number of amides is 1. The highest BCUT2D eigenvalue weighted by Gasteiger charge is 2.23. The quantitative estimate of drug-likeness (QED) is 0.0274. The molecular weight excluding hydrogens is 744 g/mol. The van der Waals surface area contributed by atoms with Crippen LogP contribution < -0.4 is 10.2 Å². The number of rotatable bonds is 45. The van der Waals surface area contributed by atoms with Crippen LogP contribution in [0.4, 0.5) is 0 Å². The number of phosphoric acid groups is 1. The molecule has 0 aliphatic heterocycles. The fourth-order valence-corrected chi connectivity index (χ4v) is 7.93. The molecule has 0 rings (SSSR count). The number of carbonyl (C=O) groups excluding carboxylic acids is 1. The molecule has 3 atom stereocenters. The van der Waals surface area contributed by atoms with E-state index in [4.69, 9.17) is 9.05 Å². The summed E-state index contributed by atoms with van der Waals surface area (Å²) in [5.74, 6) is -0.200. The van der Waals surface area contributed by atoms with Crippen LogP contribution in [0.25, 0.3) is 0 Å². The van der Waals surface area contributed by atoms with Gasteiger partial charge in [-0.1, -0.05) is 205 Å². The number of phosphoric ester groups is 1. The summed E-state index contributed by atoms with van der Waals surface area (Å²) in [5, 5.41) is 13.8. The zero-order chi connectivity index (χ0) is 42.8. The first-order chi connectivity index (χ1) is 28.0. The number of hydrogen-bond acceptors (Lipinski definition) is 6. The van der Waals surface area contributed by atoms with E-state index in [0.29, 0.717) is 17.4 Å². The van der Waals surface area contributed by atoms with Gasteiger partial charge in [0.2, 0.25) is 5.91 Å². The number of allylic oxidation sites excluding steroid dienone is 3. The molecule has 0 aliphatic carbocycles. The Morgan fingerprint density at radius 2 is 0.948 bits per heavy atom. The van der Waals surface area contributed by atoms with Gasteiger partial charge in [-0.3, -0.25) is 9.36 Å². The average Bonchev–Trinajstić information content (AvgIpc) is 3.17. The summed E-state index contributed by atoms with van der Waals surface area (Å²) in [6, 6.07) is -0.886. The molecule has 3 unspecified atom stereocenters. The van der Waals surface area contributed by atoms with Gasteiger partial charge in [0.15, 0.2) is 0 Å². The lowest BCUT2D eigenvalue weighted by atomic mass is 10.0. The smallest absolute Gasteiger partial charge is 0.268 e. The van der Waals surface area contributed by atoms with Gasteiger partial charge in [0.25, 0.3) is 7.82 Å². The minimum absolute atomic E-state index is 0.000522. The highest BCUT2D eigenvalue weighted by molar-refractivity contribution is 7.45. The van der Waals surface area contributed by atoms with Gasteiger partial charge in [-0.2, -0.15) is 0 Å². The largest absolute Gasteiger partial charge is 0.756 e. The van der Waals surface area contributed by atoms with Gasteiger partial charge in [-0.25, -0.2) is 0 Å². The van der Waals surface area contributed by atoms with Crippen molar-refractivity contribution in [2.75, 3.05) is 40.9 Å². The van der Waals surface area contributed by atoms with E-state index in [-0.39, 0.29) is 19.1 Å². The summed E-state index contributed by atoms with van der Waals surface area (Å²) in [4.78, 5) is 25.4. The van der Waals surface area contributed by atoms with Crippen molar-refractivity contribution in [2.45, 2.75) is 244 Å². The van der Waals surface area contributed by atoms with Crippen molar-refractivity contribution in [1.82, 2.24) is 5.32 Å². The van der Waals surface area contributed by atoms with Gasteiger partial charge >= 0.3 is 0 Å². The van der Waals surface area contributed by atoms with E-state index in [9.17, 15) is 19.4 Å². The van der Waals surface area contributed by atoms with Crippen LogP contribution in [0, 0.1) is 0 Å². The van der Waals surface area contributed by atoms with Gasteiger partial charge in [0, 0.05) is 6.42 Å². The second kappa shape index (κ2) is 41.3. The molecule has 0 aromatic heterocycles. The molecule has 0 heterocycles. The van der Waals surface area contributed by atoms with Crippen LogP contribution in [0.2, 0.25) is 0 Å². The molecular formula is C49H97N2O6P. The maximum atomic E-state index is 12.9. The molecule has 1 amide bonds. The number of hydrogen-bond donors (Lipinski definition) is 2. The summed E-state index contributed by atoms with van der Waals surface area (Å²) >= 11 is 0. The van der Waals surface area contributed by atoms with Crippen LogP contribution in [0.15, 0.2) is 24.3 Å². The number of aliphatic hydroxyl groups excluding tert-OH is 1. The SMILES string of the molecule is CCCCCCCCC/C=C\CCCCCCCCCC(=O)NC(COP(=O)([O-])OCC[N+](C)(C)C)C(O)/C=C/CCCCCCCCCCCCCCCCCC. The van der Waals surface area contributed by atoms with Crippen molar-refractivity contribution in [3.8, 4) is 0 Å². The fourth-order valence-electron chi connectivity index (χ4n) is 7.21. The first-order valence-corrected chi connectivity index (χ1v) is 26.2. The second-order valence-electron chi connectivity index (χ2n) is 18.2. The molecule has 0 saturated carbocycles. The average molecular weight is 841 g/mol.